The van der Waals surface area contributed by atoms with Gasteiger partial charge in [0.15, 0.2) is 5.82 Å². The van der Waals surface area contributed by atoms with Gasteiger partial charge in [0.05, 0.1) is 11.7 Å². The van der Waals surface area contributed by atoms with Gasteiger partial charge in [0.25, 0.3) is 5.56 Å². The van der Waals surface area contributed by atoms with Gasteiger partial charge in [-0.2, -0.15) is 5.10 Å². The molecule has 0 amide bonds. The summed E-state index contributed by atoms with van der Waals surface area (Å²) in [5.74, 6) is 1.61. The molecule has 6 nitrogen and oxygen atoms in total. The second-order valence-corrected chi connectivity index (χ2v) is 8.94. The molecule has 0 aromatic carbocycles. The van der Waals surface area contributed by atoms with E-state index in [1.54, 1.807) is 16.8 Å². The van der Waals surface area contributed by atoms with E-state index in [1.165, 1.54) is 25.7 Å². The van der Waals surface area contributed by atoms with Crippen LogP contribution < -0.4 is 10.9 Å². The molecule has 0 unspecified atom stereocenters. The first kappa shape index (κ1) is 19.4. The van der Waals surface area contributed by atoms with Gasteiger partial charge < -0.3 is 5.32 Å². The Labute approximate surface area is 167 Å². The van der Waals surface area contributed by atoms with Crippen molar-refractivity contribution in [3.63, 3.8) is 0 Å². The van der Waals surface area contributed by atoms with Crippen molar-refractivity contribution in [3.05, 3.63) is 39.9 Å². The maximum absolute atomic E-state index is 12.5. The summed E-state index contributed by atoms with van der Waals surface area (Å²) in [5, 5.41) is 13.1. The first-order valence-electron chi connectivity index (χ1n) is 10.9. The van der Waals surface area contributed by atoms with Crippen molar-refractivity contribution < 1.29 is 0 Å². The Balaban J connectivity index is 1.41. The number of nitrogens with zero attached hydrogens (tertiary/aromatic N) is 4. The minimum atomic E-state index is -0.0111. The smallest absolute Gasteiger partial charge is 0.267 e. The number of hydrogen-bond acceptors (Lipinski definition) is 4. The van der Waals surface area contributed by atoms with Gasteiger partial charge >= 0.3 is 0 Å². The van der Waals surface area contributed by atoms with Crippen LogP contribution in [0.25, 0.3) is 5.82 Å². The summed E-state index contributed by atoms with van der Waals surface area (Å²) in [6.45, 7) is 6.35. The summed E-state index contributed by atoms with van der Waals surface area (Å²) in [5.41, 5.74) is 1.98. The molecule has 6 heteroatoms. The Morgan fingerprint density at radius 3 is 2.18 bits per heavy atom. The lowest BCUT2D eigenvalue weighted by Gasteiger charge is -2.35. The quantitative estimate of drug-likeness (QED) is 0.874. The van der Waals surface area contributed by atoms with Crippen molar-refractivity contribution in [1.82, 2.24) is 24.9 Å². The molecule has 2 aromatic heterocycles. The molecule has 0 saturated heterocycles. The van der Waals surface area contributed by atoms with E-state index in [0.29, 0.717) is 12.1 Å². The minimum absolute atomic E-state index is 0.0111. The Bertz CT molecular complexity index is 854. The lowest BCUT2D eigenvalue weighted by Crippen LogP contribution is -2.43. The van der Waals surface area contributed by atoms with Gasteiger partial charge in [-0.15, -0.1) is 5.10 Å². The van der Waals surface area contributed by atoms with Crippen molar-refractivity contribution in [1.29, 1.82) is 0 Å². The fraction of sp³-hybridized carbons (Fsp3) is 0.682. The highest BCUT2D eigenvalue weighted by molar-refractivity contribution is 5.24. The van der Waals surface area contributed by atoms with E-state index in [0.717, 1.165) is 48.8 Å². The average Bonchev–Trinajstić information content (AvgIpc) is 3.03. The number of nitrogens with one attached hydrogen (secondary N) is 1. The molecule has 2 aliphatic carbocycles. The van der Waals surface area contributed by atoms with Crippen LogP contribution in [0.1, 0.15) is 75.7 Å². The lowest BCUT2D eigenvalue weighted by molar-refractivity contribution is 0.226. The van der Waals surface area contributed by atoms with E-state index in [2.05, 4.69) is 22.4 Å². The van der Waals surface area contributed by atoms with Crippen molar-refractivity contribution in [3.8, 4) is 5.82 Å². The highest BCUT2D eigenvalue weighted by Crippen LogP contribution is 2.29. The van der Waals surface area contributed by atoms with Crippen molar-refractivity contribution in [2.75, 3.05) is 0 Å². The van der Waals surface area contributed by atoms with Crippen LogP contribution in [0.5, 0.6) is 0 Å². The maximum Gasteiger partial charge on any atom is 0.267 e. The van der Waals surface area contributed by atoms with Crippen LogP contribution in [0.3, 0.4) is 0 Å². The van der Waals surface area contributed by atoms with E-state index < -0.39 is 0 Å². The van der Waals surface area contributed by atoms with E-state index in [4.69, 9.17) is 0 Å². The van der Waals surface area contributed by atoms with Crippen LogP contribution in [0, 0.1) is 19.8 Å². The van der Waals surface area contributed by atoms with Crippen molar-refractivity contribution >= 4 is 0 Å². The van der Waals surface area contributed by atoms with E-state index in [1.807, 2.05) is 24.6 Å². The van der Waals surface area contributed by atoms with Gasteiger partial charge in [0.2, 0.25) is 0 Å². The number of aryl methyl sites for hydroxylation is 2. The van der Waals surface area contributed by atoms with Crippen LogP contribution >= 0.6 is 0 Å². The van der Waals surface area contributed by atoms with Crippen LogP contribution in [-0.4, -0.2) is 31.6 Å². The van der Waals surface area contributed by atoms with Crippen LogP contribution in [0.2, 0.25) is 0 Å². The minimum Gasteiger partial charge on any atom is -0.311 e. The Morgan fingerprint density at radius 2 is 1.57 bits per heavy atom. The molecular formula is C22H33N5O. The van der Waals surface area contributed by atoms with Gasteiger partial charge in [0.1, 0.15) is 0 Å². The zero-order chi connectivity index (χ0) is 19.7. The topological polar surface area (TPSA) is 64.7 Å². The highest BCUT2D eigenvalue weighted by atomic mass is 16.1. The highest BCUT2D eigenvalue weighted by Gasteiger charge is 2.27. The summed E-state index contributed by atoms with van der Waals surface area (Å²) in [7, 11) is 0. The molecular weight excluding hydrogens is 350 g/mol. The fourth-order valence-electron chi connectivity index (χ4n) is 4.90. The standard InChI is InChI=1S/C22H33N5O/c1-15-4-6-18(7-5-15)23-19-8-10-20(11-9-19)27-22(28)13-12-21(25-27)26-17(3)14-16(2)24-26/h12-15,18-20,23H,4-11H2,1-3H3. The molecule has 0 bridgehead atoms. The summed E-state index contributed by atoms with van der Waals surface area (Å²) >= 11 is 0. The fourth-order valence-corrected chi connectivity index (χ4v) is 4.90. The van der Waals surface area contributed by atoms with Crippen LogP contribution in [0.4, 0.5) is 0 Å². The predicted octanol–water partition coefficient (Wildman–Crippen LogP) is 3.70. The monoisotopic (exact) mass is 383 g/mol. The molecule has 0 radical (unpaired) electrons. The van der Waals surface area contributed by atoms with Gasteiger partial charge in [-0.25, -0.2) is 9.36 Å². The SMILES string of the molecule is Cc1cc(C)n(-c2ccc(=O)n(C3CCC(NC4CCC(C)CC4)CC3)n2)n1. The lowest BCUT2D eigenvalue weighted by atomic mass is 9.85. The second-order valence-electron chi connectivity index (χ2n) is 8.94. The van der Waals surface area contributed by atoms with E-state index >= 15 is 0 Å². The average molecular weight is 384 g/mol. The Hall–Kier alpha value is -1.95. The molecule has 2 aromatic rings. The Kier molecular flexibility index (Phi) is 5.67. The summed E-state index contributed by atoms with van der Waals surface area (Å²) in [4.78, 5) is 12.5. The number of rotatable bonds is 4. The first-order valence-corrected chi connectivity index (χ1v) is 10.9. The second kappa shape index (κ2) is 8.19. The third-order valence-electron chi connectivity index (χ3n) is 6.57. The zero-order valence-corrected chi connectivity index (χ0v) is 17.4. The predicted molar refractivity (Wildman–Crippen MR) is 111 cm³/mol. The molecule has 2 fully saturated rings. The van der Waals surface area contributed by atoms with Gasteiger partial charge in [-0.1, -0.05) is 6.92 Å². The Morgan fingerprint density at radius 1 is 0.929 bits per heavy atom. The zero-order valence-electron chi connectivity index (χ0n) is 17.4. The van der Waals surface area contributed by atoms with Gasteiger partial charge in [0, 0.05) is 23.8 Å². The van der Waals surface area contributed by atoms with E-state index in [-0.39, 0.29) is 11.6 Å². The van der Waals surface area contributed by atoms with Crippen LogP contribution in [0.15, 0.2) is 23.0 Å². The van der Waals surface area contributed by atoms with Crippen molar-refractivity contribution in [2.45, 2.75) is 90.3 Å². The summed E-state index contributed by atoms with van der Waals surface area (Å²) in [6, 6.07) is 6.90. The molecule has 2 heterocycles. The number of hydrogen-bond donors (Lipinski definition) is 1. The first-order chi connectivity index (χ1) is 13.5. The van der Waals surface area contributed by atoms with Crippen molar-refractivity contribution in [2.24, 2.45) is 5.92 Å². The van der Waals surface area contributed by atoms with E-state index in [9.17, 15) is 4.79 Å². The molecule has 1 N–H and O–H groups in total. The molecule has 2 aliphatic rings. The molecule has 4 rings (SSSR count). The third-order valence-corrected chi connectivity index (χ3v) is 6.57. The summed E-state index contributed by atoms with van der Waals surface area (Å²) < 4.78 is 3.52. The normalized spacial score (nSPS) is 28.4. The molecule has 152 valence electrons. The third kappa shape index (κ3) is 4.22. The molecule has 28 heavy (non-hydrogen) atoms. The molecule has 0 spiro atoms. The largest absolute Gasteiger partial charge is 0.311 e. The number of aromatic nitrogens is 4. The molecule has 0 atom stereocenters. The maximum atomic E-state index is 12.5. The molecule has 2 saturated carbocycles. The molecule has 0 aliphatic heterocycles. The van der Waals surface area contributed by atoms with Gasteiger partial charge in [-0.3, -0.25) is 4.79 Å². The summed E-state index contributed by atoms with van der Waals surface area (Å²) in [6.07, 6.45) is 9.59. The van der Waals surface area contributed by atoms with Crippen LogP contribution in [-0.2, 0) is 0 Å². The van der Waals surface area contributed by atoms with Gasteiger partial charge in [-0.05, 0) is 83.3 Å².